The number of imidazole rings is 1. The Hall–Kier alpha value is -4.26. The smallest absolute Gasteiger partial charge is 0.292 e. The molecule has 0 aliphatic carbocycles. The number of aromatic amines is 1. The van der Waals surface area contributed by atoms with E-state index >= 15 is 0 Å². The molecule has 36 heavy (non-hydrogen) atoms. The molecule has 0 saturated carbocycles. The average Bonchev–Trinajstić information content (AvgIpc) is 3.54. The van der Waals surface area contributed by atoms with Gasteiger partial charge in [0.15, 0.2) is 0 Å². The summed E-state index contributed by atoms with van der Waals surface area (Å²) in [6.45, 7) is 6.88. The van der Waals surface area contributed by atoms with Gasteiger partial charge in [-0.05, 0) is 52.8 Å². The van der Waals surface area contributed by atoms with Crippen molar-refractivity contribution in [3.05, 3.63) is 106 Å². The molecule has 0 aliphatic heterocycles. The summed E-state index contributed by atoms with van der Waals surface area (Å²) in [5.41, 5.74) is 8.46. The van der Waals surface area contributed by atoms with E-state index in [1.54, 1.807) is 0 Å². The molecule has 7 nitrogen and oxygen atoms in total. The van der Waals surface area contributed by atoms with Gasteiger partial charge in [0, 0.05) is 17.5 Å². The van der Waals surface area contributed by atoms with Gasteiger partial charge in [0.05, 0.1) is 12.2 Å². The van der Waals surface area contributed by atoms with Crippen molar-refractivity contribution in [2.45, 2.75) is 46.6 Å². The van der Waals surface area contributed by atoms with Crippen LogP contribution in [-0.2, 0) is 19.4 Å². The molecule has 2 heterocycles. The molecule has 3 aromatic carbocycles. The van der Waals surface area contributed by atoms with Gasteiger partial charge in [0.25, 0.3) is 0 Å². The summed E-state index contributed by atoms with van der Waals surface area (Å²) >= 11 is 0. The number of nitrogens with one attached hydrogen (secondary N) is 1. The van der Waals surface area contributed by atoms with Crippen molar-refractivity contribution in [1.82, 2.24) is 29.8 Å². The molecule has 0 aliphatic rings. The van der Waals surface area contributed by atoms with Gasteiger partial charge < -0.3 is 0 Å². The van der Waals surface area contributed by atoms with Crippen LogP contribution in [0.25, 0.3) is 28.2 Å². The third-order valence-electron chi connectivity index (χ3n) is 6.63. The maximum absolute atomic E-state index is 13.7. The Morgan fingerprint density at radius 1 is 0.917 bits per heavy atom. The lowest BCUT2D eigenvalue weighted by molar-refractivity contribution is 0.691. The normalized spacial score (nSPS) is 11.2. The van der Waals surface area contributed by atoms with Crippen LogP contribution in [0.15, 0.2) is 77.7 Å². The van der Waals surface area contributed by atoms with Crippen LogP contribution in [0.4, 0.5) is 0 Å². The standard InChI is InChI=1S/C29H30N6O/c1-4-9-24-19-35(27-20(3)10-8-11-22(27)5-2)29(36)34(24)18-21-14-16-23(17-15-21)25-12-6-7-13-26(25)28-30-32-33-31-28/h6-8,10-17,19H,4-5,9,18H2,1-3H3,(H,30,31,32,33). The molecule has 0 atom stereocenters. The largest absolute Gasteiger partial charge is 0.333 e. The van der Waals surface area contributed by atoms with Gasteiger partial charge in [0.1, 0.15) is 0 Å². The number of tetrazole rings is 1. The van der Waals surface area contributed by atoms with Crippen LogP contribution in [0, 0.1) is 6.92 Å². The lowest BCUT2D eigenvalue weighted by Crippen LogP contribution is -2.25. The number of aromatic nitrogens is 6. The number of aryl methyl sites for hydroxylation is 3. The lowest BCUT2D eigenvalue weighted by atomic mass is 9.98. The Morgan fingerprint density at radius 2 is 1.69 bits per heavy atom. The molecule has 0 radical (unpaired) electrons. The predicted octanol–water partition coefficient (Wildman–Crippen LogP) is 5.36. The Balaban J connectivity index is 1.50. The summed E-state index contributed by atoms with van der Waals surface area (Å²) in [6, 6.07) is 22.6. The van der Waals surface area contributed by atoms with Crippen molar-refractivity contribution in [3.63, 3.8) is 0 Å². The fourth-order valence-electron chi connectivity index (χ4n) is 4.84. The maximum Gasteiger partial charge on any atom is 0.333 e. The van der Waals surface area contributed by atoms with Gasteiger partial charge in [-0.2, -0.15) is 5.21 Å². The van der Waals surface area contributed by atoms with Gasteiger partial charge in [0.2, 0.25) is 5.82 Å². The van der Waals surface area contributed by atoms with Gasteiger partial charge in [-0.3, -0.25) is 9.13 Å². The number of hydrogen-bond donors (Lipinski definition) is 1. The summed E-state index contributed by atoms with van der Waals surface area (Å²) in [7, 11) is 0. The number of para-hydroxylation sites is 1. The van der Waals surface area contributed by atoms with E-state index in [2.05, 4.69) is 89.9 Å². The number of benzene rings is 3. The van der Waals surface area contributed by atoms with Crippen molar-refractivity contribution >= 4 is 0 Å². The molecule has 5 rings (SSSR count). The maximum atomic E-state index is 13.7. The highest BCUT2D eigenvalue weighted by Gasteiger charge is 2.16. The van der Waals surface area contributed by atoms with Gasteiger partial charge in [-0.1, -0.05) is 87.0 Å². The molecular formula is C29H30N6O. The van der Waals surface area contributed by atoms with Crippen molar-refractivity contribution in [1.29, 1.82) is 0 Å². The molecule has 5 aromatic rings. The molecule has 2 aromatic heterocycles. The molecule has 7 heteroatoms. The lowest BCUT2D eigenvalue weighted by Gasteiger charge is -2.11. The summed E-state index contributed by atoms with van der Waals surface area (Å²) < 4.78 is 3.76. The zero-order valence-electron chi connectivity index (χ0n) is 20.9. The number of nitrogens with zero attached hydrogens (tertiary/aromatic N) is 5. The second-order valence-electron chi connectivity index (χ2n) is 9.02. The third kappa shape index (κ3) is 4.40. The molecule has 1 N–H and O–H groups in total. The van der Waals surface area contributed by atoms with Crippen LogP contribution in [0.2, 0.25) is 0 Å². The summed E-state index contributed by atoms with van der Waals surface area (Å²) in [6.07, 6.45) is 4.74. The number of rotatable bonds is 8. The van der Waals surface area contributed by atoms with E-state index in [1.807, 2.05) is 33.5 Å². The van der Waals surface area contributed by atoms with Crippen molar-refractivity contribution < 1.29 is 0 Å². The Morgan fingerprint density at radius 3 is 2.39 bits per heavy atom. The summed E-state index contributed by atoms with van der Waals surface area (Å²) in [4.78, 5) is 13.7. The van der Waals surface area contributed by atoms with E-state index in [1.165, 1.54) is 5.56 Å². The molecule has 0 unspecified atom stereocenters. The van der Waals surface area contributed by atoms with E-state index in [4.69, 9.17) is 0 Å². The van der Waals surface area contributed by atoms with Crippen LogP contribution in [0.5, 0.6) is 0 Å². The minimum absolute atomic E-state index is 0.00831. The van der Waals surface area contributed by atoms with Gasteiger partial charge >= 0.3 is 5.69 Å². The Bertz CT molecular complexity index is 1530. The topological polar surface area (TPSA) is 81.4 Å². The zero-order chi connectivity index (χ0) is 25.1. The first kappa shape index (κ1) is 23.5. The fourth-order valence-corrected chi connectivity index (χ4v) is 4.84. The SMILES string of the molecule is CCCc1cn(-c2c(C)cccc2CC)c(=O)n1Cc1ccc(-c2ccccc2-c2nn[nH]n2)cc1. The second kappa shape index (κ2) is 10.2. The van der Waals surface area contributed by atoms with Crippen molar-refractivity contribution in [2.24, 2.45) is 0 Å². The molecule has 0 bridgehead atoms. The predicted molar refractivity (Wildman–Crippen MR) is 142 cm³/mol. The molecule has 0 spiro atoms. The molecular weight excluding hydrogens is 448 g/mol. The van der Waals surface area contributed by atoms with Crippen molar-refractivity contribution in [2.75, 3.05) is 0 Å². The van der Waals surface area contributed by atoms with Crippen LogP contribution in [-0.4, -0.2) is 29.8 Å². The molecule has 182 valence electrons. The van der Waals surface area contributed by atoms with Crippen LogP contribution in [0.3, 0.4) is 0 Å². The highest BCUT2D eigenvalue weighted by Crippen LogP contribution is 2.30. The quantitative estimate of drug-likeness (QED) is 0.326. The van der Waals surface area contributed by atoms with Gasteiger partial charge in [-0.25, -0.2) is 4.79 Å². The third-order valence-corrected chi connectivity index (χ3v) is 6.63. The first-order valence-electron chi connectivity index (χ1n) is 12.4. The van der Waals surface area contributed by atoms with E-state index < -0.39 is 0 Å². The van der Waals surface area contributed by atoms with Crippen LogP contribution in [0.1, 0.15) is 42.7 Å². The van der Waals surface area contributed by atoms with E-state index in [0.29, 0.717) is 12.4 Å². The van der Waals surface area contributed by atoms with Gasteiger partial charge in [-0.15, -0.1) is 10.2 Å². The minimum atomic E-state index is 0.00831. The highest BCUT2D eigenvalue weighted by molar-refractivity contribution is 5.80. The van der Waals surface area contributed by atoms with E-state index in [0.717, 1.165) is 58.5 Å². The van der Waals surface area contributed by atoms with Crippen molar-refractivity contribution in [3.8, 4) is 28.2 Å². The molecule has 0 fully saturated rings. The Labute approximate surface area is 210 Å². The number of H-pyrrole nitrogens is 1. The molecule has 0 saturated heterocycles. The summed E-state index contributed by atoms with van der Waals surface area (Å²) in [5.74, 6) is 0.564. The number of hydrogen-bond acceptors (Lipinski definition) is 4. The Kier molecular flexibility index (Phi) is 6.62. The van der Waals surface area contributed by atoms with Crippen LogP contribution >= 0.6 is 0 Å². The first-order valence-corrected chi connectivity index (χ1v) is 12.4. The first-order chi connectivity index (χ1) is 17.6. The highest BCUT2D eigenvalue weighted by atomic mass is 16.1. The molecule has 0 amide bonds. The fraction of sp³-hybridized carbons (Fsp3) is 0.241. The average molecular weight is 479 g/mol. The van der Waals surface area contributed by atoms with E-state index in [9.17, 15) is 4.79 Å². The zero-order valence-corrected chi connectivity index (χ0v) is 20.9. The summed E-state index contributed by atoms with van der Waals surface area (Å²) in [5, 5.41) is 14.5. The second-order valence-corrected chi connectivity index (χ2v) is 9.02. The van der Waals surface area contributed by atoms with E-state index in [-0.39, 0.29) is 5.69 Å². The minimum Gasteiger partial charge on any atom is -0.292 e. The van der Waals surface area contributed by atoms with Crippen LogP contribution < -0.4 is 5.69 Å². The monoisotopic (exact) mass is 478 g/mol.